The molecule has 3 rings (SSSR count). The van der Waals surface area contributed by atoms with Gasteiger partial charge in [-0.2, -0.15) is 9.97 Å². The Morgan fingerprint density at radius 2 is 2.12 bits per heavy atom. The highest BCUT2D eigenvalue weighted by Crippen LogP contribution is 2.22. The van der Waals surface area contributed by atoms with Crippen LogP contribution in [0.3, 0.4) is 0 Å². The van der Waals surface area contributed by atoms with Gasteiger partial charge in [0.05, 0.1) is 6.33 Å². The third-order valence-electron chi connectivity index (χ3n) is 2.61. The Hall–Kier alpha value is -1.62. The van der Waals surface area contributed by atoms with Gasteiger partial charge >= 0.3 is 0 Å². The maximum absolute atomic E-state index is 5.83. The molecule has 1 aliphatic rings. The molecule has 0 unspecified atom stereocenters. The van der Waals surface area contributed by atoms with E-state index in [1.165, 1.54) is 0 Å². The van der Waals surface area contributed by atoms with Crippen LogP contribution in [-0.2, 0) is 0 Å². The smallest absolute Gasteiger partial charge is 0.226 e. The van der Waals surface area contributed by atoms with E-state index in [0.717, 1.165) is 24.2 Å². The number of fused-ring (bicyclic) bond motifs is 1. The Morgan fingerprint density at radius 1 is 1.31 bits per heavy atom. The number of anilines is 1. The van der Waals surface area contributed by atoms with Crippen LogP contribution in [0, 0.1) is 0 Å². The van der Waals surface area contributed by atoms with Gasteiger partial charge in [-0.05, 0) is 24.4 Å². The molecule has 0 saturated carbocycles. The summed E-state index contributed by atoms with van der Waals surface area (Å²) >= 11 is 5.83. The third kappa shape index (κ3) is 1.63. The summed E-state index contributed by atoms with van der Waals surface area (Å²) in [5, 5.41) is 3.56. The summed E-state index contributed by atoms with van der Waals surface area (Å²) in [6.45, 7) is 0. The standard InChI is InChI=1S/C10H10ClN5/c11-10-15-8-7(12-5-13-8)9(16-10)14-6-3-1-2-4-6/h1-2,5-6H,3-4H2,(H2,12,13,14,15,16). The predicted octanol–water partition coefficient (Wildman–Crippen LogP) is 2.14. The Morgan fingerprint density at radius 3 is 2.94 bits per heavy atom. The topological polar surface area (TPSA) is 66.5 Å². The van der Waals surface area contributed by atoms with Crippen LogP contribution in [-0.4, -0.2) is 26.0 Å². The summed E-state index contributed by atoms with van der Waals surface area (Å²) in [5.74, 6) is 0.723. The van der Waals surface area contributed by atoms with Crippen molar-refractivity contribution in [3.63, 3.8) is 0 Å². The molecule has 0 amide bonds. The van der Waals surface area contributed by atoms with Gasteiger partial charge in [0.2, 0.25) is 5.28 Å². The minimum atomic E-state index is 0.216. The van der Waals surface area contributed by atoms with Crippen LogP contribution in [0.2, 0.25) is 5.28 Å². The number of aromatic amines is 1. The fraction of sp³-hybridized carbons (Fsp3) is 0.300. The van der Waals surface area contributed by atoms with Gasteiger partial charge in [-0.3, -0.25) is 0 Å². The van der Waals surface area contributed by atoms with E-state index in [-0.39, 0.29) is 5.28 Å². The SMILES string of the molecule is Clc1nc(NC2CC=CC2)c2[nH]cnc2n1. The molecule has 0 aliphatic heterocycles. The Labute approximate surface area is 97.0 Å². The van der Waals surface area contributed by atoms with Gasteiger partial charge in [-0.25, -0.2) is 4.98 Å². The van der Waals surface area contributed by atoms with Crippen molar-refractivity contribution in [3.05, 3.63) is 23.8 Å². The van der Waals surface area contributed by atoms with Crippen molar-refractivity contribution in [1.29, 1.82) is 0 Å². The van der Waals surface area contributed by atoms with Gasteiger partial charge in [0, 0.05) is 6.04 Å². The van der Waals surface area contributed by atoms with Crippen LogP contribution in [0.5, 0.6) is 0 Å². The molecule has 0 spiro atoms. The summed E-state index contributed by atoms with van der Waals surface area (Å²) in [6, 6.07) is 0.387. The van der Waals surface area contributed by atoms with Gasteiger partial charge in [-0.1, -0.05) is 12.2 Å². The fourth-order valence-electron chi connectivity index (χ4n) is 1.84. The average Bonchev–Trinajstić information content (AvgIpc) is 2.87. The first-order valence-corrected chi connectivity index (χ1v) is 5.49. The number of nitrogens with zero attached hydrogens (tertiary/aromatic N) is 3. The van der Waals surface area contributed by atoms with Gasteiger partial charge in [0.1, 0.15) is 5.52 Å². The Bertz CT molecular complexity index is 539. The zero-order chi connectivity index (χ0) is 11.0. The average molecular weight is 236 g/mol. The summed E-state index contributed by atoms with van der Waals surface area (Å²) in [5.41, 5.74) is 1.39. The lowest BCUT2D eigenvalue weighted by molar-refractivity contribution is 0.781. The second-order valence-electron chi connectivity index (χ2n) is 3.73. The van der Waals surface area contributed by atoms with Crippen LogP contribution in [0.25, 0.3) is 11.2 Å². The minimum absolute atomic E-state index is 0.216. The van der Waals surface area contributed by atoms with E-state index >= 15 is 0 Å². The van der Waals surface area contributed by atoms with Crippen LogP contribution < -0.4 is 5.32 Å². The summed E-state index contributed by atoms with van der Waals surface area (Å²) in [7, 11) is 0. The monoisotopic (exact) mass is 235 g/mol. The lowest BCUT2D eigenvalue weighted by Crippen LogP contribution is -2.16. The largest absolute Gasteiger partial charge is 0.365 e. The molecular formula is C10H10ClN5. The minimum Gasteiger partial charge on any atom is -0.365 e. The summed E-state index contributed by atoms with van der Waals surface area (Å²) < 4.78 is 0. The Kier molecular flexibility index (Phi) is 2.25. The molecule has 16 heavy (non-hydrogen) atoms. The zero-order valence-corrected chi connectivity index (χ0v) is 9.20. The molecule has 1 aliphatic carbocycles. The van der Waals surface area contributed by atoms with E-state index in [1.54, 1.807) is 6.33 Å². The molecular weight excluding hydrogens is 226 g/mol. The molecule has 0 bridgehead atoms. The molecule has 0 radical (unpaired) electrons. The van der Waals surface area contributed by atoms with Crippen molar-refractivity contribution in [2.45, 2.75) is 18.9 Å². The maximum Gasteiger partial charge on any atom is 0.226 e. The van der Waals surface area contributed by atoms with Crippen molar-refractivity contribution >= 4 is 28.6 Å². The molecule has 2 heterocycles. The highest BCUT2D eigenvalue weighted by molar-refractivity contribution is 6.28. The van der Waals surface area contributed by atoms with Crippen LogP contribution in [0.4, 0.5) is 5.82 Å². The number of halogens is 1. The first-order chi connectivity index (χ1) is 7.83. The van der Waals surface area contributed by atoms with Crippen LogP contribution in [0.15, 0.2) is 18.5 Å². The number of rotatable bonds is 2. The molecule has 6 heteroatoms. The fourth-order valence-corrected chi connectivity index (χ4v) is 2.00. The number of hydrogen-bond donors (Lipinski definition) is 2. The number of aromatic nitrogens is 4. The van der Waals surface area contributed by atoms with Crippen LogP contribution >= 0.6 is 11.6 Å². The molecule has 0 atom stereocenters. The number of H-pyrrole nitrogens is 1. The highest BCUT2D eigenvalue weighted by Gasteiger charge is 2.14. The van der Waals surface area contributed by atoms with E-state index in [0.29, 0.717) is 11.7 Å². The molecule has 2 aromatic heterocycles. The van der Waals surface area contributed by atoms with Gasteiger partial charge in [0.15, 0.2) is 11.5 Å². The van der Waals surface area contributed by atoms with Crippen molar-refractivity contribution in [2.75, 3.05) is 5.32 Å². The lowest BCUT2D eigenvalue weighted by atomic mass is 10.2. The van der Waals surface area contributed by atoms with Gasteiger partial charge in [-0.15, -0.1) is 0 Å². The zero-order valence-electron chi connectivity index (χ0n) is 8.44. The first kappa shape index (κ1) is 9.59. The normalized spacial score (nSPS) is 16.1. The predicted molar refractivity (Wildman–Crippen MR) is 62.5 cm³/mol. The van der Waals surface area contributed by atoms with E-state index < -0.39 is 0 Å². The van der Waals surface area contributed by atoms with Gasteiger partial charge < -0.3 is 10.3 Å². The molecule has 2 aromatic rings. The van der Waals surface area contributed by atoms with Crippen molar-refractivity contribution in [2.24, 2.45) is 0 Å². The van der Waals surface area contributed by atoms with Crippen LogP contribution in [0.1, 0.15) is 12.8 Å². The molecule has 5 nitrogen and oxygen atoms in total. The molecule has 0 aromatic carbocycles. The second-order valence-corrected chi connectivity index (χ2v) is 4.06. The second kappa shape index (κ2) is 3.75. The Balaban J connectivity index is 1.97. The molecule has 82 valence electrons. The lowest BCUT2D eigenvalue weighted by Gasteiger charge is -2.12. The number of hydrogen-bond acceptors (Lipinski definition) is 4. The van der Waals surface area contributed by atoms with Crippen molar-refractivity contribution in [3.8, 4) is 0 Å². The van der Waals surface area contributed by atoms with E-state index in [4.69, 9.17) is 11.6 Å². The van der Waals surface area contributed by atoms with Crippen molar-refractivity contribution < 1.29 is 0 Å². The quantitative estimate of drug-likeness (QED) is 0.618. The molecule has 2 N–H and O–H groups in total. The van der Waals surface area contributed by atoms with E-state index in [1.807, 2.05) is 0 Å². The molecule has 0 fully saturated rings. The number of imidazole rings is 1. The van der Waals surface area contributed by atoms with E-state index in [9.17, 15) is 0 Å². The van der Waals surface area contributed by atoms with Crippen molar-refractivity contribution in [1.82, 2.24) is 19.9 Å². The summed E-state index contributed by atoms with van der Waals surface area (Å²) in [6.07, 6.45) is 7.93. The first-order valence-electron chi connectivity index (χ1n) is 5.11. The third-order valence-corrected chi connectivity index (χ3v) is 2.78. The molecule has 0 saturated heterocycles. The van der Waals surface area contributed by atoms with Gasteiger partial charge in [0.25, 0.3) is 0 Å². The maximum atomic E-state index is 5.83. The van der Waals surface area contributed by atoms with E-state index in [2.05, 4.69) is 37.4 Å². The highest BCUT2D eigenvalue weighted by atomic mass is 35.5. The number of nitrogens with one attached hydrogen (secondary N) is 2. The summed E-state index contributed by atoms with van der Waals surface area (Å²) in [4.78, 5) is 15.3.